The molecule has 26 heavy (non-hydrogen) atoms. The van der Waals surface area contributed by atoms with Crippen LogP contribution in [-0.4, -0.2) is 75.0 Å². The topological polar surface area (TPSA) is 104 Å². The lowest BCUT2D eigenvalue weighted by molar-refractivity contribution is 0.184. The molecule has 144 valence electrons. The maximum absolute atomic E-state index is 12.6. The first kappa shape index (κ1) is 19.4. The molecule has 2 aliphatic rings. The zero-order chi connectivity index (χ0) is 18.9. The fraction of sp³-hybridized carbons (Fsp3) is 0.533. The van der Waals surface area contributed by atoms with Crippen LogP contribution in [0.5, 0.6) is 0 Å². The minimum Gasteiger partial charge on any atom is -0.322 e. The van der Waals surface area contributed by atoms with Crippen molar-refractivity contribution in [3.63, 3.8) is 0 Å². The van der Waals surface area contributed by atoms with E-state index in [-0.39, 0.29) is 50.1 Å². The summed E-state index contributed by atoms with van der Waals surface area (Å²) in [4.78, 5) is 13.8. The van der Waals surface area contributed by atoms with Crippen molar-refractivity contribution < 1.29 is 21.6 Å². The maximum Gasteiger partial charge on any atom is 0.321 e. The molecule has 2 amide bonds. The number of nitrogens with one attached hydrogen (secondary N) is 1. The second-order valence-corrected chi connectivity index (χ2v) is 11.3. The molecule has 2 aliphatic heterocycles. The van der Waals surface area contributed by atoms with Gasteiger partial charge >= 0.3 is 6.03 Å². The van der Waals surface area contributed by atoms with Gasteiger partial charge in [-0.05, 0) is 24.6 Å². The first-order valence-corrected chi connectivity index (χ1v) is 11.9. The van der Waals surface area contributed by atoms with Crippen LogP contribution < -0.4 is 5.32 Å². The van der Waals surface area contributed by atoms with Gasteiger partial charge in [-0.1, -0.05) is 17.7 Å². The molecule has 0 unspecified atom stereocenters. The summed E-state index contributed by atoms with van der Waals surface area (Å²) in [5.74, 6) is -0.399. The van der Waals surface area contributed by atoms with Crippen LogP contribution >= 0.6 is 11.6 Å². The summed E-state index contributed by atoms with van der Waals surface area (Å²) < 4.78 is 49.6. The van der Waals surface area contributed by atoms with Crippen LogP contribution in [0.3, 0.4) is 0 Å². The van der Waals surface area contributed by atoms with Crippen LogP contribution in [0.1, 0.15) is 6.42 Å². The highest BCUT2D eigenvalue weighted by molar-refractivity contribution is 7.95. The lowest BCUT2D eigenvalue weighted by Gasteiger charge is -2.35. The number of amides is 2. The van der Waals surface area contributed by atoms with E-state index in [1.165, 1.54) is 9.21 Å². The number of anilines is 1. The molecular weight excluding hydrogens is 402 g/mol. The summed E-state index contributed by atoms with van der Waals surface area (Å²) >= 11 is 5.88. The Kier molecular flexibility index (Phi) is 5.48. The molecule has 0 aromatic heterocycles. The Balaban J connectivity index is 1.58. The predicted molar refractivity (Wildman–Crippen MR) is 99.6 cm³/mol. The molecule has 2 saturated heterocycles. The summed E-state index contributed by atoms with van der Waals surface area (Å²) in [6.07, 6.45) is 0.139. The van der Waals surface area contributed by atoms with Gasteiger partial charge in [0.2, 0.25) is 10.0 Å². The number of carbonyl (C=O) groups excluding carboxylic acids is 1. The lowest BCUT2D eigenvalue weighted by Crippen LogP contribution is -2.53. The van der Waals surface area contributed by atoms with E-state index >= 15 is 0 Å². The lowest BCUT2D eigenvalue weighted by atomic mass is 10.3. The Morgan fingerprint density at radius 2 is 1.88 bits per heavy atom. The first-order valence-electron chi connectivity index (χ1n) is 8.18. The van der Waals surface area contributed by atoms with Crippen molar-refractivity contribution >= 4 is 43.2 Å². The van der Waals surface area contributed by atoms with Crippen molar-refractivity contribution in [2.45, 2.75) is 11.7 Å². The van der Waals surface area contributed by atoms with Crippen molar-refractivity contribution in [2.24, 2.45) is 0 Å². The van der Waals surface area contributed by atoms with Crippen molar-refractivity contribution in [2.75, 3.05) is 43.0 Å². The van der Waals surface area contributed by atoms with E-state index in [9.17, 15) is 21.6 Å². The van der Waals surface area contributed by atoms with Gasteiger partial charge < -0.3 is 10.2 Å². The number of hydrogen-bond acceptors (Lipinski definition) is 5. The molecule has 0 spiro atoms. The zero-order valence-corrected chi connectivity index (χ0v) is 16.4. The van der Waals surface area contributed by atoms with Crippen LogP contribution in [-0.2, 0) is 19.9 Å². The second-order valence-electron chi connectivity index (χ2n) is 6.40. The highest BCUT2D eigenvalue weighted by Gasteiger charge is 2.41. The van der Waals surface area contributed by atoms with Gasteiger partial charge in [0.1, 0.15) is 0 Å². The third-order valence-electron chi connectivity index (χ3n) is 4.57. The van der Waals surface area contributed by atoms with Crippen molar-refractivity contribution in [3.05, 3.63) is 29.3 Å². The monoisotopic (exact) mass is 421 g/mol. The fourth-order valence-electron chi connectivity index (χ4n) is 3.12. The van der Waals surface area contributed by atoms with E-state index < -0.39 is 25.1 Å². The van der Waals surface area contributed by atoms with E-state index in [4.69, 9.17) is 11.6 Å². The standard InChI is InChI=1S/C15H20ClN3O5S2/c16-12-2-1-3-13(10-12)17-15(20)18-5-7-19(8-6-18)26(23,24)14-4-9-25(21,22)11-14/h1-3,10,14H,4-9,11H2,(H,17,20)/t14-/m1/s1. The highest BCUT2D eigenvalue weighted by Crippen LogP contribution is 2.23. The van der Waals surface area contributed by atoms with Crippen molar-refractivity contribution in [3.8, 4) is 0 Å². The van der Waals surface area contributed by atoms with Crippen LogP contribution in [0.25, 0.3) is 0 Å². The van der Waals surface area contributed by atoms with Crippen LogP contribution in [0.4, 0.5) is 10.5 Å². The highest BCUT2D eigenvalue weighted by atomic mass is 35.5. The van der Waals surface area contributed by atoms with E-state index in [1.54, 1.807) is 24.3 Å². The molecule has 8 nitrogen and oxygen atoms in total. The molecular formula is C15H20ClN3O5S2. The number of benzene rings is 1. The summed E-state index contributed by atoms with van der Waals surface area (Å²) in [5, 5.41) is 2.36. The number of sulfonamides is 1. The Bertz CT molecular complexity index is 896. The number of urea groups is 1. The van der Waals surface area contributed by atoms with E-state index in [1.807, 2.05) is 0 Å². The Morgan fingerprint density at radius 3 is 2.46 bits per heavy atom. The quantitative estimate of drug-likeness (QED) is 0.784. The van der Waals surface area contributed by atoms with Gasteiger partial charge in [-0.15, -0.1) is 0 Å². The third kappa shape index (κ3) is 4.30. The molecule has 2 fully saturated rings. The molecule has 1 aromatic rings. The Hall–Kier alpha value is -1.36. The zero-order valence-electron chi connectivity index (χ0n) is 14.0. The van der Waals surface area contributed by atoms with E-state index in [0.29, 0.717) is 10.7 Å². The van der Waals surface area contributed by atoms with Crippen LogP contribution in [0, 0.1) is 0 Å². The summed E-state index contributed by atoms with van der Waals surface area (Å²) in [7, 11) is -6.94. The van der Waals surface area contributed by atoms with Gasteiger partial charge in [-0.2, -0.15) is 4.31 Å². The predicted octanol–water partition coefficient (Wildman–Crippen LogP) is 1.01. The molecule has 0 bridgehead atoms. The molecule has 0 aliphatic carbocycles. The number of carbonyl (C=O) groups is 1. The SMILES string of the molecule is O=C(Nc1cccc(Cl)c1)N1CCN(S(=O)(=O)[C@@H]2CCS(=O)(=O)C2)CC1. The largest absolute Gasteiger partial charge is 0.322 e. The minimum absolute atomic E-state index is 0.0844. The molecule has 11 heteroatoms. The average molecular weight is 422 g/mol. The van der Waals surface area contributed by atoms with E-state index in [2.05, 4.69) is 5.32 Å². The van der Waals surface area contributed by atoms with Gasteiger partial charge in [0, 0.05) is 36.9 Å². The van der Waals surface area contributed by atoms with Gasteiger partial charge in [-0.3, -0.25) is 0 Å². The average Bonchev–Trinajstić information content (AvgIpc) is 2.96. The maximum atomic E-state index is 12.6. The van der Waals surface area contributed by atoms with Gasteiger partial charge in [-0.25, -0.2) is 21.6 Å². The van der Waals surface area contributed by atoms with Gasteiger partial charge in [0.05, 0.1) is 16.8 Å². The summed E-state index contributed by atoms with van der Waals surface area (Å²) in [5.41, 5.74) is 0.564. The molecule has 2 heterocycles. The number of rotatable bonds is 3. The number of halogens is 1. The van der Waals surface area contributed by atoms with Gasteiger partial charge in [0.25, 0.3) is 0 Å². The minimum atomic E-state index is -3.67. The van der Waals surface area contributed by atoms with Crippen LogP contribution in [0.2, 0.25) is 5.02 Å². The fourth-order valence-corrected chi connectivity index (χ4v) is 7.82. The van der Waals surface area contributed by atoms with Crippen LogP contribution in [0.15, 0.2) is 24.3 Å². The molecule has 3 rings (SSSR count). The number of nitrogens with zero attached hydrogens (tertiary/aromatic N) is 2. The smallest absolute Gasteiger partial charge is 0.321 e. The molecule has 0 radical (unpaired) electrons. The second kappa shape index (κ2) is 7.34. The molecule has 1 N–H and O–H groups in total. The Morgan fingerprint density at radius 1 is 1.19 bits per heavy atom. The number of hydrogen-bond donors (Lipinski definition) is 1. The third-order valence-corrected chi connectivity index (χ3v) is 9.12. The van der Waals surface area contributed by atoms with E-state index in [0.717, 1.165) is 0 Å². The summed E-state index contributed by atoms with van der Waals surface area (Å²) in [6, 6.07) is 6.43. The Labute approximate surface area is 158 Å². The summed E-state index contributed by atoms with van der Waals surface area (Å²) in [6.45, 7) is 0.792. The van der Waals surface area contributed by atoms with Gasteiger partial charge in [0.15, 0.2) is 9.84 Å². The number of sulfone groups is 1. The van der Waals surface area contributed by atoms with Crippen molar-refractivity contribution in [1.29, 1.82) is 0 Å². The first-order chi connectivity index (χ1) is 12.2. The molecule has 1 aromatic carbocycles. The number of piperazine rings is 1. The molecule has 0 saturated carbocycles. The van der Waals surface area contributed by atoms with Crippen molar-refractivity contribution in [1.82, 2.24) is 9.21 Å². The normalized spacial score (nSPS) is 23.7. The molecule has 1 atom stereocenters.